The Morgan fingerprint density at radius 2 is 1.65 bits per heavy atom. The highest BCUT2D eigenvalue weighted by atomic mass is 19.2. The Labute approximate surface area is 96.5 Å². The molecule has 4 heteroatoms. The van der Waals surface area contributed by atoms with Crippen LogP contribution in [0.5, 0.6) is 5.75 Å². The van der Waals surface area contributed by atoms with E-state index in [1.807, 2.05) is 0 Å². The summed E-state index contributed by atoms with van der Waals surface area (Å²) >= 11 is 0. The molecule has 2 rings (SSSR count). The first-order chi connectivity index (χ1) is 8.13. The van der Waals surface area contributed by atoms with E-state index in [0.717, 1.165) is 12.1 Å². The molecule has 0 radical (unpaired) electrons. The normalized spacial score (nSPS) is 10.4. The van der Waals surface area contributed by atoms with Crippen LogP contribution in [-0.2, 0) is 0 Å². The molecular weight excluding hydrogens is 229 g/mol. The van der Waals surface area contributed by atoms with Crippen molar-refractivity contribution >= 4 is 0 Å². The maximum Gasteiger partial charge on any atom is 0.166 e. The van der Waals surface area contributed by atoms with Crippen LogP contribution < -0.4 is 4.74 Å². The van der Waals surface area contributed by atoms with Crippen LogP contribution in [0.1, 0.15) is 0 Å². The Balaban J connectivity index is 2.63. The van der Waals surface area contributed by atoms with Crippen molar-refractivity contribution < 1.29 is 17.9 Å². The molecule has 0 aliphatic rings. The van der Waals surface area contributed by atoms with E-state index in [-0.39, 0.29) is 11.1 Å². The third kappa shape index (κ3) is 2.11. The van der Waals surface area contributed by atoms with Gasteiger partial charge in [-0.05, 0) is 24.3 Å². The van der Waals surface area contributed by atoms with Gasteiger partial charge in [0.25, 0.3) is 0 Å². The second-order valence-corrected chi connectivity index (χ2v) is 3.45. The van der Waals surface area contributed by atoms with Crippen molar-refractivity contribution in [3.63, 3.8) is 0 Å². The molecule has 0 aliphatic heterocycles. The molecule has 2 aromatic carbocycles. The molecule has 0 N–H and O–H groups in total. The van der Waals surface area contributed by atoms with Crippen LogP contribution in [0.25, 0.3) is 11.1 Å². The molecule has 17 heavy (non-hydrogen) atoms. The highest BCUT2D eigenvalue weighted by molar-refractivity contribution is 5.66. The minimum atomic E-state index is -1.07. The summed E-state index contributed by atoms with van der Waals surface area (Å²) in [6, 6.07) is 7.52. The number of rotatable bonds is 2. The average Bonchev–Trinajstić information content (AvgIpc) is 2.34. The molecule has 0 atom stereocenters. The first kappa shape index (κ1) is 11.5. The van der Waals surface area contributed by atoms with Crippen molar-refractivity contribution in [2.75, 3.05) is 7.11 Å². The Bertz CT molecular complexity index is 552. The van der Waals surface area contributed by atoms with Gasteiger partial charge in [-0.3, -0.25) is 0 Å². The summed E-state index contributed by atoms with van der Waals surface area (Å²) in [4.78, 5) is 0. The van der Waals surface area contributed by atoms with Gasteiger partial charge in [-0.15, -0.1) is 0 Å². The summed E-state index contributed by atoms with van der Waals surface area (Å²) in [6.07, 6.45) is 0. The van der Waals surface area contributed by atoms with E-state index < -0.39 is 17.5 Å². The first-order valence-corrected chi connectivity index (χ1v) is 4.91. The summed E-state index contributed by atoms with van der Waals surface area (Å²) in [5.74, 6) is -2.33. The van der Waals surface area contributed by atoms with Gasteiger partial charge >= 0.3 is 0 Å². The first-order valence-electron chi connectivity index (χ1n) is 4.91. The standard InChI is InChI=1S/C13H9F3O/c1-17-8-5-6-11(14)10(7-8)9-3-2-4-12(15)13(9)16/h2-7H,1H3. The fourth-order valence-corrected chi connectivity index (χ4v) is 1.55. The van der Waals surface area contributed by atoms with Gasteiger partial charge < -0.3 is 4.74 Å². The van der Waals surface area contributed by atoms with Crippen LogP contribution in [0, 0.1) is 17.5 Å². The Morgan fingerprint density at radius 1 is 0.882 bits per heavy atom. The minimum Gasteiger partial charge on any atom is -0.497 e. The maximum atomic E-state index is 13.6. The van der Waals surface area contributed by atoms with Crippen molar-refractivity contribution in [1.29, 1.82) is 0 Å². The van der Waals surface area contributed by atoms with Crippen molar-refractivity contribution in [3.8, 4) is 16.9 Å². The van der Waals surface area contributed by atoms with E-state index >= 15 is 0 Å². The molecule has 0 heterocycles. The lowest BCUT2D eigenvalue weighted by atomic mass is 10.0. The van der Waals surface area contributed by atoms with Gasteiger partial charge in [0.1, 0.15) is 11.6 Å². The molecule has 1 nitrogen and oxygen atoms in total. The number of halogens is 3. The SMILES string of the molecule is COc1ccc(F)c(-c2cccc(F)c2F)c1. The average molecular weight is 238 g/mol. The molecule has 0 saturated carbocycles. The van der Waals surface area contributed by atoms with Crippen molar-refractivity contribution in [1.82, 2.24) is 0 Å². The van der Waals surface area contributed by atoms with E-state index in [1.165, 1.54) is 31.4 Å². The van der Waals surface area contributed by atoms with E-state index in [1.54, 1.807) is 0 Å². The number of ether oxygens (including phenoxy) is 1. The third-order valence-corrected chi connectivity index (χ3v) is 2.42. The monoisotopic (exact) mass is 238 g/mol. The molecule has 0 aromatic heterocycles. The van der Waals surface area contributed by atoms with Gasteiger partial charge in [0.05, 0.1) is 7.11 Å². The molecular formula is C13H9F3O. The van der Waals surface area contributed by atoms with Crippen LogP contribution in [0.2, 0.25) is 0 Å². The predicted octanol–water partition coefficient (Wildman–Crippen LogP) is 3.78. The zero-order chi connectivity index (χ0) is 12.4. The zero-order valence-corrected chi connectivity index (χ0v) is 9.01. The number of hydrogen-bond donors (Lipinski definition) is 0. The fraction of sp³-hybridized carbons (Fsp3) is 0.0769. The molecule has 2 aromatic rings. The van der Waals surface area contributed by atoms with Crippen molar-refractivity contribution in [2.24, 2.45) is 0 Å². The molecule has 0 amide bonds. The van der Waals surface area contributed by atoms with Gasteiger partial charge in [-0.25, -0.2) is 13.2 Å². The van der Waals surface area contributed by atoms with Crippen LogP contribution in [0.15, 0.2) is 36.4 Å². The number of hydrogen-bond acceptors (Lipinski definition) is 1. The summed E-state index contributed by atoms with van der Waals surface area (Å²) in [5.41, 5.74) is -0.150. The largest absolute Gasteiger partial charge is 0.497 e. The zero-order valence-electron chi connectivity index (χ0n) is 9.01. The quantitative estimate of drug-likeness (QED) is 0.773. The van der Waals surface area contributed by atoms with Crippen LogP contribution in [0.4, 0.5) is 13.2 Å². The maximum absolute atomic E-state index is 13.6. The fourth-order valence-electron chi connectivity index (χ4n) is 1.55. The Hall–Kier alpha value is -1.97. The molecule has 0 fully saturated rings. The molecule has 0 unspecified atom stereocenters. The Kier molecular flexibility index (Phi) is 3.04. The molecule has 88 valence electrons. The molecule has 0 bridgehead atoms. The summed E-state index contributed by atoms with van der Waals surface area (Å²) in [6.45, 7) is 0. The van der Waals surface area contributed by atoms with Crippen LogP contribution in [-0.4, -0.2) is 7.11 Å². The van der Waals surface area contributed by atoms with E-state index in [4.69, 9.17) is 4.74 Å². The number of benzene rings is 2. The third-order valence-electron chi connectivity index (χ3n) is 2.42. The van der Waals surface area contributed by atoms with Crippen molar-refractivity contribution in [2.45, 2.75) is 0 Å². The lowest BCUT2D eigenvalue weighted by Gasteiger charge is -2.07. The van der Waals surface area contributed by atoms with E-state index in [0.29, 0.717) is 5.75 Å². The van der Waals surface area contributed by atoms with Crippen molar-refractivity contribution in [3.05, 3.63) is 53.8 Å². The highest BCUT2D eigenvalue weighted by Crippen LogP contribution is 2.29. The molecule has 0 spiro atoms. The predicted molar refractivity (Wildman–Crippen MR) is 58.3 cm³/mol. The second kappa shape index (κ2) is 4.49. The van der Waals surface area contributed by atoms with Crippen LogP contribution in [0.3, 0.4) is 0 Å². The summed E-state index contributed by atoms with van der Waals surface area (Å²) in [5, 5.41) is 0. The van der Waals surface area contributed by atoms with Gasteiger partial charge in [-0.2, -0.15) is 0 Å². The lowest BCUT2D eigenvalue weighted by molar-refractivity contribution is 0.414. The van der Waals surface area contributed by atoms with Gasteiger partial charge in [0.2, 0.25) is 0 Å². The van der Waals surface area contributed by atoms with Gasteiger partial charge in [-0.1, -0.05) is 12.1 Å². The Morgan fingerprint density at radius 3 is 2.35 bits per heavy atom. The minimum absolute atomic E-state index is 0.0265. The molecule has 0 saturated heterocycles. The van der Waals surface area contributed by atoms with Gasteiger partial charge in [0, 0.05) is 11.1 Å². The summed E-state index contributed by atoms with van der Waals surface area (Å²) < 4.78 is 45.0. The van der Waals surface area contributed by atoms with E-state index in [2.05, 4.69) is 0 Å². The molecule has 0 aliphatic carbocycles. The van der Waals surface area contributed by atoms with Crippen LogP contribution >= 0.6 is 0 Å². The topological polar surface area (TPSA) is 9.23 Å². The summed E-state index contributed by atoms with van der Waals surface area (Å²) in [7, 11) is 1.42. The van der Waals surface area contributed by atoms with Gasteiger partial charge in [0.15, 0.2) is 11.6 Å². The van der Waals surface area contributed by atoms with E-state index in [9.17, 15) is 13.2 Å². The smallest absolute Gasteiger partial charge is 0.166 e. The lowest BCUT2D eigenvalue weighted by Crippen LogP contribution is -1.93. The second-order valence-electron chi connectivity index (χ2n) is 3.45. The number of methoxy groups -OCH3 is 1. The highest BCUT2D eigenvalue weighted by Gasteiger charge is 2.14.